The molecule has 0 spiro atoms. The molecule has 1 N–H and O–H groups in total. The largest absolute Gasteiger partial charge is 0.320 e. The summed E-state index contributed by atoms with van der Waals surface area (Å²) in [6, 6.07) is 0.940. The Morgan fingerprint density at radius 3 is 2.20 bits per heavy atom. The van der Waals surface area contributed by atoms with Crippen molar-refractivity contribution in [1.29, 1.82) is 0 Å². The number of carbonyl (C=O) groups excluding carboxylic acids is 1. The van der Waals surface area contributed by atoms with Crippen LogP contribution in [-0.2, 0) is 4.79 Å². The molecule has 0 bridgehead atoms. The summed E-state index contributed by atoms with van der Waals surface area (Å²) in [5, 5.41) is 0.981. The van der Waals surface area contributed by atoms with Crippen LogP contribution in [0.5, 0.6) is 0 Å². The van der Waals surface area contributed by atoms with Crippen molar-refractivity contribution >= 4 is 23.2 Å². The summed E-state index contributed by atoms with van der Waals surface area (Å²) >= 11 is 5.38. The number of hydrogen-bond donors (Lipinski definition) is 1. The van der Waals surface area contributed by atoms with Crippen LogP contribution in [0.2, 0.25) is 0 Å². The number of halogens is 4. The van der Waals surface area contributed by atoms with Gasteiger partial charge < -0.3 is 5.32 Å². The van der Waals surface area contributed by atoms with E-state index in [-0.39, 0.29) is 0 Å². The molecule has 6 heteroatoms. The highest BCUT2D eigenvalue weighted by Gasteiger charge is 2.16. The minimum Gasteiger partial charge on any atom is -0.320 e. The van der Waals surface area contributed by atoms with Crippen LogP contribution >= 0.6 is 11.6 Å². The number of nitrogens with one attached hydrogen (secondary N) is 1. The summed E-state index contributed by atoms with van der Waals surface area (Å²) in [6.45, 7) is 1.34. The van der Waals surface area contributed by atoms with E-state index in [0.29, 0.717) is 12.1 Å². The average Bonchev–Trinajstić information content (AvgIpc) is 2.10. The Bertz CT molecular complexity index is 372. The third-order valence-corrected chi connectivity index (χ3v) is 1.81. The van der Waals surface area contributed by atoms with Gasteiger partial charge in [0.15, 0.2) is 11.6 Å². The van der Waals surface area contributed by atoms with Crippen molar-refractivity contribution < 1.29 is 18.0 Å². The first-order chi connectivity index (χ1) is 6.91. The fourth-order valence-electron chi connectivity index (χ4n) is 0.884. The van der Waals surface area contributed by atoms with Crippen LogP contribution in [0.25, 0.3) is 0 Å². The second-order valence-electron chi connectivity index (χ2n) is 2.85. The van der Waals surface area contributed by atoms with E-state index in [1.807, 2.05) is 5.32 Å². The normalized spacial score (nSPS) is 12.3. The molecule has 0 aromatic heterocycles. The van der Waals surface area contributed by atoms with E-state index in [2.05, 4.69) is 0 Å². The summed E-state index contributed by atoms with van der Waals surface area (Å²) in [5.41, 5.74) is -0.700. The molecular weight excluding hydrogens is 231 g/mol. The molecule has 1 unspecified atom stereocenters. The van der Waals surface area contributed by atoms with Gasteiger partial charge in [-0.1, -0.05) is 0 Å². The van der Waals surface area contributed by atoms with Crippen LogP contribution in [0.1, 0.15) is 6.92 Å². The van der Waals surface area contributed by atoms with Gasteiger partial charge in [-0.05, 0) is 6.92 Å². The van der Waals surface area contributed by atoms with Crippen molar-refractivity contribution in [2.24, 2.45) is 0 Å². The highest BCUT2D eigenvalue weighted by atomic mass is 35.5. The summed E-state index contributed by atoms with van der Waals surface area (Å²) in [6.07, 6.45) is 0. The van der Waals surface area contributed by atoms with Crippen molar-refractivity contribution in [3.8, 4) is 0 Å². The predicted molar refractivity (Wildman–Crippen MR) is 50.3 cm³/mol. The zero-order valence-corrected chi connectivity index (χ0v) is 8.41. The van der Waals surface area contributed by atoms with Gasteiger partial charge in [0.25, 0.3) is 0 Å². The van der Waals surface area contributed by atoms with Gasteiger partial charge in [-0.2, -0.15) is 0 Å². The maximum atomic E-state index is 13.0. The second kappa shape index (κ2) is 4.53. The summed E-state index contributed by atoms with van der Waals surface area (Å²) in [5.74, 6) is -4.18. The van der Waals surface area contributed by atoms with E-state index < -0.39 is 34.4 Å². The van der Waals surface area contributed by atoms with Gasteiger partial charge in [0.2, 0.25) is 5.91 Å². The lowest BCUT2D eigenvalue weighted by Gasteiger charge is -2.08. The lowest BCUT2D eigenvalue weighted by atomic mass is 10.2. The highest BCUT2D eigenvalue weighted by molar-refractivity contribution is 6.32. The lowest BCUT2D eigenvalue weighted by Crippen LogP contribution is -2.21. The predicted octanol–water partition coefficient (Wildman–Crippen LogP) is 2.67. The SMILES string of the molecule is CC(Cl)C(=O)Nc1c(F)cc(F)cc1F. The Morgan fingerprint density at radius 1 is 1.33 bits per heavy atom. The van der Waals surface area contributed by atoms with Crippen molar-refractivity contribution in [3.05, 3.63) is 29.6 Å². The molecule has 0 aliphatic carbocycles. The summed E-state index contributed by atoms with van der Waals surface area (Å²) in [7, 11) is 0. The summed E-state index contributed by atoms with van der Waals surface area (Å²) < 4.78 is 38.5. The molecule has 2 nitrogen and oxygen atoms in total. The second-order valence-corrected chi connectivity index (χ2v) is 3.50. The minimum absolute atomic E-state index is 0.470. The number of rotatable bonds is 2. The summed E-state index contributed by atoms with van der Waals surface area (Å²) in [4.78, 5) is 11.0. The maximum absolute atomic E-state index is 13.0. The van der Waals surface area contributed by atoms with Crippen LogP contribution in [0.4, 0.5) is 18.9 Å². The van der Waals surface area contributed by atoms with Crippen molar-refractivity contribution in [2.45, 2.75) is 12.3 Å². The van der Waals surface area contributed by atoms with Gasteiger partial charge in [0, 0.05) is 12.1 Å². The quantitative estimate of drug-likeness (QED) is 0.788. The van der Waals surface area contributed by atoms with Crippen molar-refractivity contribution in [1.82, 2.24) is 0 Å². The van der Waals surface area contributed by atoms with E-state index in [4.69, 9.17) is 11.6 Å². The van der Waals surface area contributed by atoms with Crippen LogP contribution < -0.4 is 5.32 Å². The Morgan fingerprint density at radius 2 is 1.80 bits per heavy atom. The van der Waals surface area contributed by atoms with Crippen molar-refractivity contribution in [3.63, 3.8) is 0 Å². The van der Waals surface area contributed by atoms with Crippen LogP contribution in [0.15, 0.2) is 12.1 Å². The van der Waals surface area contributed by atoms with Crippen molar-refractivity contribution in [2.75, 3.05) is 5.32 Å². The Hall–Kier alpha value is -1.23. The number of benzene rings is 1. The number of alkyl halides is 1. The zero-order chi connectivity index (χ0) is 11.6. The third kappa shape index (κ3) is 2.86. The first kappa shape index (κ1) is 11.8. The fraction of sp³-hybridized carbons (Fsp3) is 0.222. The van der Waals surface area contributed by atoms with E-state index >= 15 is 0 Å². The number of amides is 1. The Balaban J connectivity index is 3.00. The smallest absolute Gasteiger partial charge is 0.242 e. The molecule has 0 saturated carbocycles. The molecule has 0 fully saturated rings. The Kier molecular flexibility index (Phi) is 3.57. The van der Waals surface area contributed by atoms with E-state index in [9.17, 15) is 18.0 Å². The molecule has 0 heterocycles. The van der Waals surface area contributed by atoms with Gasteiger partial charge in [-0.3, -0.25) is 4.79 Å². The standard InChI is InChI=1S/C9H7ClF3NO/c1-4(10)9(15)14-8-6(12)2-5(11)3-7(8)13/h2-4H,1H3,(H,14,15). The molecule has 1 aromatic carbocycles. The van der Waals surface area contributed by atoms with E-state index in [0.717, 1.165) is 0 Å². The molecule has 0 aliphatic rings. The van der Waals surface area contributed by atoms with Gasteiger partial charge in [-0.25, -0.2) is 13.2 Å². The van der Waals surface area contributed by atoms with Crippen LogP contribution in [0, 0.1) is 17.5 Å². The topological polar surface area (TPSA) is 29.1 Å². The molecule has 0 aliphatic heterocycles. The van der Waals surface area contributed by atoms with E-state index in [1.165, 1.54) is 6.92 Å². The maximum Gasteiger partial charge on any atom is 0.242 e. The molecule has 82 valence electrons. The molecule has 15 heavy (non-hydrogen) atoms. The van der Waals surface area contributed by atoms with Gasteiger partial charge >= 0.3 is 0 Å². The first-order valence-electron chi connectivity index (χ1n) is 4.01. The first-order valence-corrected chi connectivity index (χ1v) is 4.45. The number of hydrogen-bond acceptors (Lipinski definition) is 1. The number of anilines is 1. The molecule has 1 aromatic rings. The van der Waals surface area contributed by atoms with Crippen LogP contribution in [-0.4, -0.2) is 11.3 Å². The van der Waals surface area contributed by atoms with Gasteiger partial charge in [-0.15, -0.1) is 11.6 Å². The molecular formula is C9H7ClF3NO. The molecule has 0 saturated heterocycles. The van der Waals surface area contributed by atoms with Gasteiger partial charge in [0.1, 0.15) is 16.9 Å². The zero-order valence-electron chi connectivity index (χ0n) is 7.65. The third-order valence-electron chi connectivity index (χ3n) is 1.62. The lowest BCUT2D eigenvalue weighted by molar-refractivity contribution is -0.115. The minimum atomic E-state index is -1.18. The Labute approximate surface area is 89.0 Å². The van der Waals surface area contributed by atoms with E-state index in [1.54, 1.807) is 0 Å². The monoisotopic (exact) mass is 237 g/mol. The van der Waals surface area contributed by atoms with Gasteiger partial charge in [0.05, 0.1) is 0 Å². The molecule has 1 amide bonds. The highest BCUT2D eigenvalue weighted by Crippen LogP contribution is 2.20. The number of carbonyl (C=O) groups is 1. The van der Waals surface area contributed by atoms with Crippen LogP contribution in [0.3, 0.4) is 0 Å². The average molecular weight is 238 g/mol. The molecule has 1 rings (SSSR count). The fourth-order valence-corrected chi connectivity index (χ4v) is 0.939. The molecule has 0 radical (unpaired) electrons. The molecule has 1 atom stereocenters.